The average molecular weight is 915 g/mol. The Hall–Kier alpha value is -6.05. The Balaban J connectivity index is 0.832. The topological polar surface area (TPSA) is 217 Å². The van der Waals surface area contributed by atoms with Gasteiger partial charge in [0.1, 0.15) is 23.2 Å². The molecule has 3 amide bonds. The van der Waals surface area contributed by atoms with Gasteiger partial charge in [-0.15, -0.1) is 0 Å². The number of nitriles is 1. The average Bonchev–Trinajstić information content (AvgIpc) is 3.84. The highest BCUT2D eigenvalue weighted by atomic mass is 32.2. The van der Waals surface area contributed by atoms with E-state index in [2.05, 4.69) is 25.0 Å². The second-order valence-corrected chi connectivity index (χ2v) is 19.1. The first-order chi connectivity index (χ1) is 31.2. The van der Waals surface area contributed by atoms with Crippen LogP contribution in [0.3, 0.4) is 0 Å². The molecule has 4 aliphatic rings. The molecule has 4 fully saturated rings. The Morgan fingerprint density at radius 2 is 1.80 bits per heavy atom. The number of ether oxygens (including phenoxy) is 2. The van der Waals surface area contributed by atoms with Crippen molar-refractivity contribution in [1.29, 1.82) is 5.26 Å². The Labute approximate surface area is 372 Å². The summed E-state index contributed by atoms with van der Waals surface area (Å²) in [6.07, 6.45) is 7.32. The van der Waals surface area contributed by atoms with E-state index in [1.165, 1.54) is 36.5 Å². The predicted octanol–water partition coefficient (Wildman–Crippen LogP) is 4.77. The summed E-state index contributed by atoms with van der Waals surface area (Å²) in [5, 5.41) is 26.7. The summed E-state index contributed by atoms with van der Waals surface area (Å²) in [5.41, 5.74) is 0.340. The van der Waals surface area contributed by atoms with Gasteiger partial charge in [-0.05, 0) is 98.9 Å². The van der Waals surface area contributed by atoms with Crippen molar-refractivity contribution in [3.63, 3.8) is 0 Å². The molecule has 1 saturated carbocycles. The first-order valence-corrected chi connectivity index (χ1v) is 23.0. The van der Waals surface area contributed by atoms with Crippen molar-refractivity contribution >= 4 is 55.5 Å². The second kappa shape index (κ2) is 17.4. The van der Waals surface area contributed by atoms with Crippen LogP contribution in [0.2, 0.25) is 0 Å². The largest absolute Gasteiger partial charge is 0.453 e. The number of carbonyl (C=O) groups is 2. The number of urea groups is 1. The first kappa shape index (κ1) is 44.2. The van der Waals surface area contributed by atoms with E-state index < -0.39 is 45.6 Å². The van der Waals surface area contributed by atoms with Crippen LogP contribution >= 0.6 is 0 Å². The minimum absolute atomic E-state index is 0.0288. The number of aliphatic hydroxyl groups is 1. The van der Waals surface area contributed by atoms with Gasteiger partial charge < -0.3 is 19.5 Å². The van der Waals surface area contributed by atoms with Gasteiger partial charge in [-0.3, -0.25) is 33.8 Å². The SMILES string of the molecule is CN(CCO)S(=O)(=O)Nc1ccc(F)c(Oc2ccc3ncn([C@H]4COC5(CCN(C6CCC(c7cc8c(cc7F)c(N7CCC(=O)NC7=O)nn8C)CC6)CC5)C4)c(=O)c3c2)c1C#N. The van der Waals surface area contributed by atoms with Gasteiger partial charge in [-0.25, -0.2) is 18.6 Å². The van der Waals surface area contributed by atoms with Crippen LogP contribution in [0.5, 0.6) is 11.5 Å². The van der Waals surface area contributed by atoms with Crippen LogP contribution in [0.4, 0.5) is 25.1 Å². The van der Waals surface area contributed by atoms with E-state index in [-0.39, 0.29) is 65.6 Å². The van der Waals surface area contributed by atoms with Crippen LogP contribution in [0.1, 0.15) is 74.5 Å². The maximum atomic E-state index is 15.8. The lowest BCUT2D eigenvalue weighted by atomic mass is 9.79. The highest BCUT2D eigenvalue weighted by molar-refractivity contribution is 7.90. The lowest BCUT2D eigenvalue weighted by molar-refractivity contribution is -0.120. The summed E-state index contributed by atoms with van der Waals surface area (Å²) in [7, 11) is -1.20. The molecule has 3 aliphatic heterocycles. The number of likely N-dealkylation sites (N-methyl/N-ethyl adjacent to an activating group) is 1. The highest BCUT2D eigenvalue weighted by Crippen LogP contribution is 2.44. The van der Waals surface area contributed by atoms with Gasteiger partial charge in [0.25, 0.3) is 5.56 Å². The predicted molar refractivity (Wildman–Crippen MR) is 234 cm³/mol. The number of nitrogens with one attached hydrogen (secondary N) is 2. The summed E-state index contributed by atoms with van der Waals surface area (Å²) < 4.78 is 75.0. The third-order valence-corrected chi connectivity index (χ3v) is 14.9. The Bertz CT molecular complexity index is 2920. The van der Waals surface area contributed by atoms with Crippen molar-refractivity contribution in [2.75, 3.05) is 56.1 Å². The van der Waals surface area contributed by atoms with Gasteiger partial charge in [-0.1, -0.05) is 0 Å². The third kappa shape index (κ3) is 8.40. The number of carbonyl (C=O) groups excluding carboxylic acids is 2. The molecule has 21 heteroatoms. The van der Waals surface area contributed by atoms with E-state index in [9.17, 15) is 33.2 Å². The van der Waals surface area contributed by atoms with Crippen molar-refractivity contribution in [1.82, 2.24) is 33.9 Å². The molecule has 65 heavy (non-hydrogen) atoms. The molecule has 18 nitrogen and oxygen atoms in total. The normalized spacial score (nSPS) is 21.6. The minimum atomic E-state index is -4.20. The molecule has 1 aliphatic carbocycles. The van der Waals surface area contributed by atoms with Crippen molar-refractivity contribution in [3.05, 3.63) is 81.9 Å². The summed E-state index contributed by atoms with van der Waals surface area (Å²) in [4.78, 5) is 46.6. The number of aryl methyl sites for hydroxylation is 1. The molecule has 3 saturated heterocycles. The van der Waals surface area contributed by atoms with Crippen LogP contribution in [0, 0.1) is 23.0 Å². The number of aliphatic hydroxyl groups excluding tert-OH is 1. The number of hydrogen-bond donors (Lipinski definition) is 3. The smallest absolute Gasteiger partial charge is 0.329 e. The van der Waals surface area contributed by atoms with Crippen LogP contribution in [0.15, 0.2) is 53.6 Å². The summed E-state index contributed by atoms with van der Waals surface area (Å²) in [5.74, 6) is -1.75. The number of anilines is 2. The highest BCUT2D eigenvalue weighted by Gasteiger charge is 2.45. The van der Waals surface area contributed by atoms with E-state index >= 15 is 8.78 Å². The monoisotopic (exact) mass is 914 g/mol. The van der Waals surface area contributed by atoms with Crippen LogP contribution < -0.4 is 25.2 Å². The number of aromatic nitrogens is 4. The maximum absolute atomic E-state index is 15.8. The molecule has 5 heterocycles. The number of fused-ring (bicyclic) bond motifs is 2. The molecular weight excluding hydrogens is 867 g/mol. The molecule has 0 unspecified atom stereocenters. The first-order valence-electron chi connectivity index (χ1n) is 21.6. The van der Waals surface area contributed by atoms with E-state index in [4.69, 9.17) is 9.47 Å². The van der Waals surface area contributed by atoms with Crippen LogP contribution in [0.25, 0.3) is 21.8 Å². The molecule has 1 spiro atoms. The molecule has 0 radical (unpaired) electrons. The quantitative estimate of drug-likeness (QED) is 0.163. The van der Waals surface area contributed by atoms with Gasteiger partial charge in [0, 0.05) is 58.1 Å². The third-order valence-electron chi connectivity index (χ3n) is 13.5. The summed E-state index contributed by atoms with van der Waals surface area (Å²) in [6, 6.07) is 11.1. The van der Waals surface area contributed by atoms with E-state index in [1.807, 2.05) is 6.07 Å². The van der Waals surface area contributed by atoms with Crippen LogP contribution in [-0.4, -0.2) is 112 Å². The maximum Gasteiger partial charge on any atom is 0.329 e. The van der Waals surface area contributed by atoms with E-state index in [0.29, 0.717) is 41.4 Å². The Kier molecular flexibility index (Phi) is 11.8. The zero-order valence-electron chi connectivity index (χ0n) is 35.8. The fourth-order valence-electron chi connectivity index (χ4n) is 9.84. The Morgan fingerprint density at radius 1 is 1.03 bits per heavy atom. The zero-order chi connectivity index (χ0) is 45.8. The number of rotatable bonds is 11. The second-order valence-electron chi connectivity index (χ2n) is 17.3. The standard InChI is InChI=1S/C44H48F2N10O8S/c1-52(17-18-57)65(61,62)51-37-10-8-34(45)40(33(37)23-47)64-29-7-9-36-31(19-29)42(59)56(25-48-36)28-22-44(63-24-28)12-15-54(16-13-44)27-5-3-26(4-6-27)30-21-38-32(20-35(30)46)41(50-53(38)2)55-14-11-39(58)49-43(55)60/h7-10,19-21,25-28,51,57H,3-6,11-18,22,24H2,1-2H3,(H,49,58,60)/t26?,27?,28-/m1/s1. The lowest BCUT2D eigenvalue weighted by Crippen LogP contribution is -2.49. The fourth-order valence-corrected chi connectivity index (χ4v) is 10.8. The molecule has 2 aromatic heterocycles. The van der Waals surface area contributed by atoms with Crippen molar-refractivity contribution < 1.29 is 41.4 Å². The van der Waals surface area contributed by atoms with Gasteiger partial charge in [0.2, 0.25) is 5.91 Å². The molecule has 9 rings (SSSR count). The molecule has 3 N–H and O–H groups in total. The number of halogens is 2. The molecule has 1 atom stereocenters. The number of likely N-dealkylation sites (tertiary alicyclic amines) is 1. The summed E-state index contributed by atoms with van der Waals surface area (Å²) >= 11 is 0. The van der Waals surface area contributed by atoms with Crippen molar-refractivity contribution in [3.8, 4) is 17.6 Å². The number of amides is 3. The summed E-state index contributed by atoms with van der Waals surface area (Å²) in [6.45, 7) is 1.50. The number of nitrogens with zero attached hydrogens (tertiary/aromatic N) is 8. The zero-order valence-corrected chi connectivity index (χ0v) is 36.6. The molecule has 342 valence electrons. The number of imide groups is 1. The minimum Gasteiger partial charge on any atom is -0.453 e. The number of benzene rings is 3. The van der Waals surface area contributed by atoms with Crippen molar-refractivity contribution in [2.45, 2.75) is 75.0 Å². The van der Waals surface area contributed by atoms with Gasteiger partial charge in [0.15, 0.2) is 17.4 Å². The molecule has 5 aromatic rings. The van der Waals surface area contributed by atoms with Gasteiger partial charge in [-0.2, -0.15) is 23.1 Å². The molecule has 3 aromatic carbocycles. The molecule has 0 bridgehead atoms. The van der Waals surface area contributed by atoms with E-state index in [1.54, 1.807) is 28.4 Å². The number of piperidine rings is 1. The molecular formula is C44H48F2N10O8S. The fraction of sp³-hybridized carbons (Fsp3) is 0.455. The van der Waals surface area contributed by atoms with Gasteiger partial charge >= 0.3 is 16.2 Å². The van der Waals surface area contributed by atoms with Gasteiger partial charge in [0.05, 0.1) is 53.3 Å². The number of hydrogen-bond acceptors (Lipinski definition) is 12. The Morgan fingerprint density at radius 3 is 2.52 bits per heavy atom. The van der Waals surface area contributed by atoms with Crippen LogP contribution in [-0.2, 0) is 26.8 Å². The van der Waals surface area contributed by atoms with Crippen molar-refractivity contribution in [2.24, 2.45) is 7.05 Å². The lowest BCUT2D eigenvalue weighted by Gasteiger charge is -2.44. The van der Waals surface area contributed by atoms with E-state index in [0.717, 1.165) is 73.6 Å².